The number of carbonyl (C=O) groups excluding carboxylic acids is 1. The van der Waals surface area contributed by atoms with Crippen LogP contribution in [0.25, 0.3) is 33.4 Å². The lowest BCUT2D eigenvalue weighted by Crippen LogP contribution is -2.46. The number of nitrogens with one attached hydrogen (secondary N) is 1. The maximum Gasteiger partial charge on any atom is 0.159 e. The minimum atomic E-state index is 0.00413. The maximum absolute atomic E-state index is 12.1. The van der Waals surface area contributed by atoms with Crippen molar-refractivity contribution in [2.24, 2.45) is 0 Å². The van der Waals surface area contributed by atoms with Gasteiger partial charge in [0.25, 0.3) is 0 Å². The third-order valence-electron chi connectivity index (χ3n) is 7.21. The molecular formula is C30H31ClN4O. The summed E-state index contributed by atoms with van der Waals surface area (Å²) in [5.41, 5.74) is 8.09. The largest absolute Gasteiger partial charge is 0.369 e. The molecular weight excluding hydrogens is 468 g/mol. The minimum Gasteiger partial charge on any atom is -0.369 e. The summed E-state index contributed by atoms with van der Waals surface area (Å²) in [6, 6.07) is 16.8. The van der Waals surface area contributed by atoms with E-state index < -0.39 is 0 Å². The number of halogens is 1. The molecule has 5 rings (SSSR count). The lowest BCUT2D eigenvalue weighted by molar-refractivity contribution is -0.114. The molecule has 3 heterocycles. The summed E-state index contributed by atoms with van der Waals surface area (Å²) in [4.78, 5) is 25.1. The van der Waals surface area contributed by atoms with Gasteiger partial charge in [0, 0.05) is 55.4 Å². The van der Waals surface area contributed by atoms with E-state index in [4.69, 9.17) is 11.6 Å². The number of anilines is 1. The fraction of sp³-hybridized carbons (Fsp3) is 0.267. The Labute approximate surface area is 217 Å². The minimum absolute atomic E-state index is 0.00413. The van der Waals surface area contributed by atoms with E-state index in [1.165, 1.54) is 11.8 Å². The van der Waals surface area contributed by atoms with Gasteiger partial charge in [0.15, 0.2) is 5.78 Å². The third-order valence-corrected chi connectivity index (χ3v) is 7.53. The zero-order chi connectivity index (χ0) is 25.2. The van der Waals surface area contributed by atoms with Crippen molar-refractivity contribution in [1.29, 1.82) is 0 Å². The van der Waals surface area contributed by atoms with Crippen LogP contribution in [-0.4, -0.2) is 53.4 Å². The second-order valence-electron chi connectivity index (χ2n) is 9.35. The van der Waals surface area contributed by atoms with Crippen molar-refractivity contribution in [3.8, 4) is 22.4 Å². The molecule has 0 atom stereocenters. The number of H-pyrrole nitrogens is 1. The average Bonchev–Trinajstić information content (AvgIpc) is 3.31. The SMILES string of the molecule is C=CC(=O)Cc1cc(-c2c(-c3ccc(N4CCN(CC)CC4)cc3)[nH]c3nccc(Cl)c23)ccc1C. The highest BCUT2D eigenvalue weighted by Crippen LogP contribution is 2.41. The van der Waals surface area contributed by atoms with Crippen molar-refractivity contribution in [3.05, 3.63) is 83.5 Å². The van der Waals surface area contributed by atoms with Crippen LogP contribution in [0.5, 0.6) is 0 Å². The first kappa shape index (κ1) is 24.3. The lowest BCUT2D eigenvalue weighted by atomic mass is 9.94. The van der Waals surface area contributed by atoms with E-state index in [9.17, 15) is 4.79 Å². The molecule has 1 aliphatic heterocycles. The number of pyridine rings is 1. The van der Waals surface area contributed by atoms with E-state index in [1.54, 1.807) is 6.20 Å². The van der Waals surface area contributed by atoms with E-state index in [1.807, 2.05) is 13.0 Å². The van der Waals surface area contributed by atoms with Crippen LogP contribution < -0.4 is 4.90 Å². The first-order valence-corrected chi connectivity index (χ1v) is 12.9. The van der Waals surface area contributed by atoms with Gasteiger partial charge in [-0.25, -0.2) is 4.98 Å². The van der Waals surface area contributed by atoms with Crippen LogP contribution >= 0.6 is 11.6 Å². The predicted molar refractivity (Wildman–Crippen MR) is 150 cm³/mol. The van der Waals surface area contributed by atoms with Gasteiger partial charge in [0.05, 0.1) is 10.7 Å². The number of hydrogen-bond donors (Lipinski definition) is 1. The summed E-state index contributed by atoms with van der Waals surface area (Å²) >= 11 is 6.70. The molecule has 1 N–H and O–H groups in total. The van der Waals surface area contributed by atoms with Crippen LogP contribution in [0.3, 0.4) is 0 Å². The standard InChI is InChI=1S/C30H31ClN4O/c1-4-25(36)19-23-18-22(7-6-20(23)3)27-28-26(31)12-13-32-30(28)33-29(27)21-8-10-24(11-9-21)35-16-14-34(5-2)15-17-35/h4,6-13,18H,1,5,14-17,19H2,2-3H3,(H,32,33). The highest BCUT2D eigenvalue weighted by atomic mass is 35.5. The van der Waals surface area contributed by atoms with E-state index >= 15 is 0 Å². The summed E-state index contributed by atoms with van der Waals surface area (Å²) in [6.45, 7) is 13.3. The number of hydrogen-bond acceptors (Lipinski definition) is 4. The Balaban J connectivity index is 1.57. The van der Waals surface area contributed by atoms with Crippen LogP contribution in [-0.2, 0) is 11.2 Å². The monoisotopic (exact) mass is 498 g/mol. The molecule has 5 nitrogen and oxygen atoms in total. The van der Waals surface area contributed by atoms with Gasteiger partial charge in [-0.3, -0.25) is 4.79 Å². The predicted octanol–water partition coefficient (Wildman–Crippen LogP) is 6.30. The zero-order valence-electron chi connectivity index (χ0n) is 20.9. The first-order valence-electron chi connectivity index (χ1n) is 12.5. The van der Waals surface area contributed by atoms with Crippen molar-refractivity contribution < 1.29 is 4.79 Å². The van der Waals surface area contributed by atoms with Gasteiger partial charge < -0.3 is 14.8 Å². The molecule has 0 saturated carbocycles. The van der Waals surface area contributed by atoms with Gasteiger partial charge in [0.1, 0.15) is 5.65 Å². The molecule has 4 aromatic rings. The molecule has 6 heteroatoms. The summed E-state index contributed by atoms with van der Waals surface area (Å²) < 4.78 is 0. The topological polar surface area (TPSA) is 52.2 Å². The van der Waals surface area contributed by atoms with Gasteiger partial charge in [0.2, 0.25) is 0 Å². The summed E-state index contributed by atoms with van der Waals surface area (Å²) in [7, 11) is 0. The van der Waals surface area contributed by atoms with Crippen LogP contribution in [0.2, 0.25) is 5.02 Å². The Kier molecular flexibility index (Phi) is 6.95. The van der Waals surface area contributed by atoms with Gasteiger partial charge in [-0.2, -0.15) is 0 Å². The Morgan fingerprint density at radius 2 is 1.81 bits per heavy atom. The molecule has 0 aliphatic carbocycles. The number of piperazine rings is 1. The fourth-order valence-corrected chi connectivity index (χ4v) is 5.26. The molecule has 0 radical (unpaired) electrons. The number of aromatic nitrogens is 2. The Morgan fingerprint density at radius 3 is 2.50 bits per heavy atom. The zero-order valence-corrected chi connectivity index (χ0v) is 21.6. The van der Waals surface area contributed by atoms with Gasteiger partial charge in [-0.1, -0.05) is 55.4 Å². The maximum atomic E-state index is 12.1. The second kappa shape index (κ2) is 10.3. The quantitative estimate of drug-likeness (QED) is 0.304. The molecule has 184 valence electrons. The van der Waals surface area contributed by atoms with Crippen LogP contribution in [0.4, 0.5) is 5.69 Å². The van der Waals surface area contributed by atoms with Crippen molar-refractivity contribution in [3.63, 3.8) is 0 Å². The Hall–Kier alpha value is -3.41. The van der Waals surface area contributed by atoms with Crippen molar-refractivity contribution in [2.45, 2.75) is 20.3 Å². The van der Waals surface area contributed by atoms with Crippen LogP contribution in [0.15, 0.2) is 67.4 Å². The third kappa shape index (κ3) is 4.69. The summed E-state index contributed by atoms with van der Waals surface area (Å²) in [5, 5.41) is 1.53. The second-order valence-corrected chi connectivity index (χ2v) is 9.76. The summed E-state index contributed by atoms with van der Waals surface area (Å²) in [6.07, 6.45) is 3.43. The van der Waals surface area contributed by atoms with Crippen molar-refractivity contribution in [2.75, 3.05) is 37.6 Å². The Bertz CT molecular complexity index is 1420. The summed E-state index contributed by atoms with van der Waals surface area (Å²) in [5.74, 6) is 0.00413. The van der Waals surface area contributed by atoms with Gasteiger partial charge in [-0.05, 0) is 60.0 Å². The van der Waals surface area contributed by atoms with E-state index in [2.05, 4.69) is 75.7 Å². The number of carbonyl (C=O) groups is 1. The molecule has 2 aromatic carbocycles. The lowest BCUT2D eigenvalue weighted by Gasteiger charge is -2.35. The number of nitrogens with zero attached hydrogens (tertiary/aromatic N) is 3. The first-order chi connectivity index (χ1) is 17.5. The van der Waals surface area contributed by atoms with E-state index in [0.29, 0.717) is 11.4 Å². The molecule has 0 spiro atoms. The van der Waals surface area contributed by atoms with E-state index in [0.717, 1.165) is 77.3 Å². The average molecular weight is 499 g/mol. The molecule has 1 fully saturated rings. The molecule has 0 bridgehead atoms. The molecule has 1 saturated heterocycles. The molecule has 0 amide bonds. The Morgan fingerprint density at radius 1 is 1.08 bits per heavy atom. The normalized spacial score (nSPS) is 14.4. The number of aryl methyl sites for hydroxylation is 1. The van der Waals surface area contributed by atoms with Crippen molar-refractivity contribution in [1.82, 2.24) is 14.9 Å². The highest BCUT2D eigenvalue weighted by molar-refractivity contribution is 6.36. The number of aromatic amines is 1. The fourth-order valence-electron chi connectivity index (χ4n) is 5.02. The number of likely N-dealkylation sites (N-methyl/N-ethyl adjacent to an activating group) is 1. The molecule has 2 aromatic heterocycles. The number of ketones is 1. The molecule has 36 heavy (non-hydrogen) atoms. The number of fused-ring (bicyclic) bond motifs is 1. The highest BCUT2D eigenvalue weighted by Gasteiger charge is 2.20. The number of rotatable bonds is 7. The number of benzene rings is 2. The van der Waals surface area contributed by atoms with Gasteiger partial charge >= 0.3 is 0 Å². The van der Waals surface area contributed by atoms with Crippen molar-refractivity contribution >= 4 is 34.1 Å². The van der Waals surface area contributed by atoms with Gasteiger partial charge in [-0.15, -0.1) is 0 Å². The smallest absolute Gasteiger partial charge is 0.159 e. The van der Waals surface area contributed by atoms with Crippen LogP contribution in [0, 0.1) is 6.92 Å². The number of allylic oxidation sites excluding steroid dienone is 1. The van der Waals surface area contributed by atoms with E-state index in [-0.39, 0.29) is 5.78 Å². The molecule has 1 aliphatic rings. The van der Waals surface area contributed by atoms with Crippen LogP contribution in [0.1, 0.15) is 18.1 Å². The molecule has 0 unspecified atom stereocenters.